The Hall–Kier alpha value is -0.686. The van der Waals surface area contributed by atoms with Gasteiger partial charge in [0.15, 0.2) is 0 Å². The molecule has 5 nitrogen and oxygen atoms in total. The van der Waals surface area contributed by atoms with Gasteiger partial charge in [-0.3, -0.25) is 0 Å². The molecular weight excluding hydrogens is 335 g/mol. The Balaban J connectivity index is 2.18. The zero-order valence-electron chi connectivity index (χ0n) is 13.7. The average Bonchev–Trinajstić information content (AvgIpc) is 2.58. The summed E-state index contributed by atoms with van der Waals surface area (Å²) >= 11 is 2.42. The maximum atomic E-state index is 8.24. The molecule has 0 atom stereocenters. The van der Waals surface area contributed by atoms with Gasteiger partial charge in [0.05, 0.1) is 0 Å². The quantitative estimate of drug-likeness (QED) is 0.313. The standard InChI is InChI=1S/C17H26O5.V/c1-19-11-4-2-3-5-13-21-17-9-7-16(8-10-17)15-20-12-6-14-22-18;/h7-10,18H,2-6,11-14H2,1H3;. The van der Waals surface area contributed by atoms with Crippen LogP contribution in [0.4, 0.5) is 0 Å². The van der Waals surface area contributed by atoms with Gasteiger partial charge in [0.2, 0.25) is 0 Å². The first-order valence-electron chi connectivity index (χ1n) is 7.95. The van der Waals surface area contributed by atoms with Crippen molar-refractivity contribution < 1.29 is 41.3 Å². The van der Waals surface area contributed by atoms with Gasteiger partial charge in [-0.2, -0.15) is 0 Å². The van der Waals surface area contributed by atoms with Crippen LogP contribution in [-0.2, 0) is 31.3 Å². The summed E-state index contributed by atoms with van der Waals surface area (Å²) in [5.41, 5.74) is 1.00. The van der Waals surface area contributed by atoms with Gasteiger partial charge in [-0.05, 0) is 0 Å². The third-order valence-corrected chi connectivity index (χ3v) is 3.84. The van der Waals surface area contributed by atoms with Crippen LogP contribution in [0.1, 0.15) is 37.7 Å². The molecule has 1 rings (SSSR count). The van der Waals surface area contributed by atoms with Crippen LogP contribution in [0.5, 0.6) is 5.75 Å². The van der Waals surface area contributed by atoms with Gasteiger partial charge in [-0.15, -0.1) is 0 Å². The van der Waals surface area contributed by atoms with Crippen molar-refractivity contribution in [2.45, 2.75) is 32.1 Å². The molecule has 0 aliphatic carbocycles. The van der Waals surface area contributed by atoms with Crippen molar-refractivity contribution >= 4 is 4.41 Å². The van der Waals surface area contributed by atoms with Crippen LogP contribution >= 0.6 is 0 Å². The molecule has 0 unspecified atom stereocenters. The summed E-state index contributed by atoms with van der Waals surface area (Å²) in [4.78, 5) is 4.00. The zero-order valence-corrected chi connectivity index (χ0v) is 15.1. The fraction of sp³-hybridized carbons (Fsp3) is 0.588. The first kappa shape index (κ1) is 20.4. The summed E-state index contributed by atoms with van der Waals surface area (Å²) in [7, 11) is 1.74. The second-order valence-electron chi connectivity index (χ2n) is 5.12. The fourth-order valence-electron chi connectivity index (χ4n) is 1.96. The number of ether oxygens (including phenoxy) is 3. The summed E-state index contributed by atoms with van der Waals surface area (Å²) in [5.74, 6) is 0.875. The predicted molar refractivity (Wildman–Crippen MR) is 85.5 cm³/mol. The van der Waals surface area contributed by atoms with Gasteiger partial charge in [0.25, 0.3) is 0 Å². The van der Waals surface area contributed by atoms with E-state index >= 15 is 0 Å². The molecule has 0 radical (unpaired) electrons. The Kier molecular flexibility index (Phi) is 12.2. The van der Waals surface area contributed by atoms with Crippen molar-refractivity contribution in [3.63, 3.8) is 0 Å². The Morgan fingerprint density at radius 1 is 0.913 bits per heavy atom. The van der Waals surface area contributed by atoms with E-state index in [2.05, 4.69) is 21.9 Å². The molecule has 23 heavy (non-hydrogen) atoms. The molecule has 1 aromatic rings. The summed E-state index contributed by atoms with van der Waals surface area (Å²) in [6.45, 7) is 2.36. The third-order valence-electron chi connectivity index (χ3n) is 3.23. The topological polar surface area (TPSA) is 57.2 Å². The molecule has 0 saturated heterocycles. The van der Waals surface area contributed by atoms with E-state index < -0.39 is 0 Å². The fourth-order valence-corrected chi connectivity index (χ4v) is 2.34. The number of hydrogen-bond donors (Lipinski definition) is 1. The molecular formula is C17H26O5V. The number of unbranched alkanes of at least 4 members (excludes halogenated alkanes) is 3. The van der Waals surface area contributed by atoms with Crippen molar-refractivity contribution in [2.75, 3.05) is 33.5 Å². The molecule has 1 N–H and O–H groups in total. The van der Waals surface area contributed by atoms with E-state index in [9.17, 15) is 0 Å². The SMILES string of the molecule is COCCCCCCOc1ccc([C](=[V])OCCCOO)cc1. The van der Waals surface area contributed by atoms with Crippen LogP contribution < -0.4 is 4.74 Å². The number of benzene rings is 1. The van der Waals surface area contributed by atoms with Crippen molar-refractivity contribution in [3.8, 4) is 5.75 Å². The van der Waals surface area contributed by atoms with Gasteiger partial charge in [0.1, 0.15) is 0 Å². The monoisotopic (exact) mass is 361 g/mol. The van der Waals surface area contributed by atoms with E-state index in [1.165, 1.54) is 6.42 Å². The molecule has 0 spiro atoms. The van der Waals surface area contributed by atoms with E-state index in [-0.39, 0.29) is 6.61 Å². The van der Waals surface area contributed by atoms with E-state index in [0.29, 0.717) is 13.0 Å². The van der Waals surface area contributed by atoms with Crippen LogP contribution in [0.15, 0.2) is 24.3 Å². The van der Waals surface area contributed by atoms with Crippen molar-refractivity contribution in [1.82, 2.24) is 0 Å². The molecule has 1 aromatic carbocycles. The van der Waals surface area contributed by atoms with Gasteiger partial charge >= 0.3 is 135 Å². The zero-order chi connectivity index (χ0) is 16.8. The molecule has 0 fully saturated rings. The average molecular weight is 361 g/mol. The Bertz CT molecular complexity index is 421. The van der Waals surface area contributed by atoms with E-state index in [4.69, 9.17) is 19.5 Å². The number of rotatable bonds is 14. The number of methoxy groups -OCH3 is 1. The van der Waals surface area contributed by atoms with Crippen LogP contribution in [0, 0.1) is 0 Å². The molecule has 0 saturated carbocycles. The Morgan fingerprint density at radius 2 is 1.61 bits per heavy atom. The van der Waals surface area contributed by atoms with Crippen LogP contribution in [-0.4, -0.2) is 43.2 Å². The normalized spacial score (nSPS) is 10.7. The molecule has 129 valence electrons. The third kappa shape index (κ3) is 9.92. The maximum absolute atomic E-state index is 8.24. The Labute approximate surface area is 147 Å². The molecule has 0 aliphatic heterocycles. The Morgan fingerprint density at radius 3 is 2.26 bits per heavy atom. The van der Waals surface area contributed by atoms with Gasteiger partial charge in [0, 0.05) is 7.11 Å². The predicted octanol–water partition coefficient (Wildman–Crippen LogP) is 3.19. The van der Waals surface area contributed by atoms with Gasteiger partial charge in [-0.25, -0.2) is 0 Å². The van der Waals surface area contributed by atoms with Crippen LogP contribution in [0.3, 0.4) is 0 Å². The molecule has 0 heterocycles. The second-order valence-corrected chi connectivity index (χ2v) is 5.75. The van der Waals surface area contributed by atoms with Crippen molar-refractivity contribution in [1.29, 1.82) is 0 Å². The minimum absolute atomic E-state index is 0.276. The number of hydrogen-bond acceptors (Lipinski definition) is 5. The first-order valence-corrected chi connectivity index (χ1v) is 8.65. The molecule has 0 amide bonds. The molecule has 0 aliphatic rings. The molecule has 6 heteroatoms. The molecule has 0 bridgehead atoms. The van der Waals surface area contributed by atoms with Crippen molar-refractivity contribution in [3.05, 3.63) is 29.8 Å². The summed E-state index contributed by atoms with van der Waals surface area (Å²) < 4.78 is 17.1. The summed E-state index contributed by atoms with van der Waals surface area (Å²) in [5, 5.41) is 8.24. The van der Waals surface area contributed by atoms with Crippen molar-refractivity contribution in [2.24, 2.45) is 0 Å². The minimum atomic E-state index is 0.276. The van der Waals surface area contributed by atoms with E-state index in [0.717, 1.165) is 48.2 Å². The summed E-state index contributed by atoms with van der Waals surface area (Å²) in [6, 6.07) is 7.86. The van der Waals surface area contributed by atoms with Gasteiger partial charge < -0.3 is 4.74 Å². The van der Waals surface area contributed by atoms with Gasteiger partial charge in [-0.1, -0.05) is 0 Å². The first-order chi connectivity index (χ1) is 11.3. The van der Waals surface area contributed by atoms with Crippen LogP contribution in [0.25, 0.3) is 0 Å². The van der Waals surface area contributed by atoms with Crippen LogP contribution in [0.2, 0.25) is 0 Å². The molecule has 0 aromatic heterocycles. The van der Waals surface area contributed by atoms with E-state index in [1.807, 2.05) is 24.3 Å². The van der Waals surface area contributed by atoms with E-state index in [1.54, 1.807) is 7.11 Å². The summed E-state index contributed by atoms with van der Waals surface area (Å²) in [6.07, 6.45) is 5.16. The second kappa shape index (κ2) is 13.7.